The minimum atomic E-state index is -1.01. The lowest BCUT2D eigenvalue weighted by atomic mass is 9.41. The smallest absolute Gasteiger partial charge is 0.340 e. The van der Waals surface area contributed by atoms with E-state index in [9.17, 15) is 15.0 Å². The Bertz CT molecular complexity index is 1230. The number of rotatable bonds is 7. The Morgan fingerprint density at radius 1 is 0.950 bits per heavy atom. The molecule has 0 amide bonds. The Labute approximate surface area is 243 Å². The van der Waals surface area contributed by atoms with Gasteiger partial charge in [-0.1, -0.05) is 85.9 Å². The van der Waals surface area contributed by atoms with E-state index in [0.717, 1.165) is 29.7 Å². The van der Waals surface area contributed by atoms with Crippen LogP contribution in [0.4, 0.5) is 0 Å². The number of carbonyl (C=O) groups is 1. The van der Waals surface area contributed by atoms with Gasteiger partial charge in [0.25, 0.3) is 0 Å². The maximum Gasteiger partial charge on any atom is 0.340 e. The maximum atomic E-state index is 12.4. The quantitative estimate of drug-likeness (QED) is 0.358. The fraction of sp³-hybridized carbons (Fsp3) is 0.757. The lowest BCUT2D eigenvalue weighted by Gasteiger charge is -2.63. The maximum absolute atomic E-state index is 12.4. The topological polar surface area (TPSA) is 57.5 Å². The van der Waals surface area contributed by atoms with E-state index in [4.69, 9.17) is 0 Å². The van der Waals surface area contributed by atoms with Gasteiger partial charge in [-0.3, -0.25) is 0 Å². The number of aromatic carboxylic acids is 1. The van der Waals surface area contributed by atoms with E-state index in [1.807, 2.05) is 12.1 Å². The predicted molar refractivity (Wildman–Crippen MR) is 163 cm³/mol. The van der Waals surface area contributed by atoms with Crippen molar-refractivity contribution in [2.45, 2.75) is 119 Å². The Morgan fingerprint density at radius 3 is 2.38 bits per heavy atom. The van der Waals surface area contributed by atoms with Crippen molar-refractivity contribution in [2.75, 3.05) is 0 Å². The van der Waals surface area contributed by atoms with Crippen molar-refractivity contribution in [3.8, 4) is 5.75 Å². The molecule has 0 saturated heterocycles. The second kappa shape index (κ2) is 9.11. The number of allylic oxidation sites excluding steroid dienone is 2. The molecule has 3 heteroatoms. The van der Waals surface area contributed by atoms with Crippen LogP contribution in [0.5, 0.6) is 5.75 Å². The van der Waals surface area contributed by atoms with E-state index in [0.29, 0.717) is 22.7 Å². The fourth-order valence-electron chi connectivity index (χ4n) is 12.2. The average Bonchev–Trinajstić information content (AvgIpc) is 3.46. The SMILES string of the molecule is CC(C)CCC[C@@H](C)[C@H]1CC[C@@]2(C)[C@@H]3CC[C@H]4C(C)(C)CC=C(c5cccc(O)c5C(=O)O)[C@@]45C[C@@]35CC[C@]12C. The first-order chi connectivity index (χ1) is 18.8. The van der Waals surface area contributed by atoms with Crippen LogP contribution in [0.25, 0.3) is 5.57 Å². The molecule has 6 rings (SSSR count). The molecule has 3 nitrogen and oxygen atoms in total. The molecule has 1 aromatic carbocycles. The number of carboxylic acids is 1. The zero-order chi connectivity index (χ0) is 28.9. The fourth-order valence-corrected chi connectivity index (χ4v) is 12.2. The van der Waals surface area contributed by atoms with Crippen molar-refractivity contribution in [3.05, 3.63) is 35.4 Å². The molecular weight excluding hydrogens is 492 g/mol. The first-order valence-corrected chi connectivity index (χ1v) is 16.5. The average molecular weight is 547 g/mol. The van der Waals surface area contributed by atoms with E-state index < -0.39 is 5.97 Å². The number of hydrogen-bond acceptors (Lipinski definition) is 2. The third-order valence-electron chi connectivity index (χ3n) is 14.3. The van der Waals surface area contributed by atoms with E-state index in [-0.39, 0.29) is 27.6 Å². The lowest BCUT2D eigenvalue weighted by molar-refractivity contribution is -0.125. The van der Waals surface area contributed by atoms with Crippen molar-refractivity contribution >= 4 is 11.5 Å². The van der Waals surface area contributed by atoms with Crippen LogP contribution >= 0.6 is 0 Å². The van der Waals surface area contributed by atoms with Crippen molar-refractivity contribution in [1.82, 2.24) is 0 Å². The largest absolute Gasteiger partial charge is 0.507 e. The van der Waals surface area contributed by atoms with E-state index >= 15 is 0 Å². The third-order valence-corrected chi connectivity index (χ3v) is 14.3. The highest BCUT2D eigenvalue weighted by Crippen LogP contribution is 2.90. The van der Waals surface area contributed by atoms with Gasteiger partial charge in [0.05, 0.1) is 0 Å². The highest BCUT2D eigenvalue weighted by atomic mass is 16.4. The summed E-state index contributed by atoms with van der Waals surface area (Å²) in [4.78, 5) is 12.4. The summed E-state index contributed by atoms with van der Waals surface area (Å²) in [5, 5.41) is 20.9. The highest BCUT2D eigenvalue weighted by molar-refractivity contribution is 5.98. The van der Waals surface area contributed by atoms with Crippen molar-refractivity contribution in [1.29, 1.82) is 0 Å². The van der Waals surface area contributed by atoms with Crippen LogP contribution in [0.3, 0.4) is 0 Å². The summed E-state index contributed by atoms with van der Waals surface area (Å²) >= 11 is 0. The predicted octanol–water partition coefficient (Wildman–Crippen LogP) is 9.99. The van der Waals surface area contributed by atoms with E-state index in [1.165, 1.54) is 75.8 Å². The number of carboxylic acid groups (broad SMARTS) is 1. The summed E-state index contributed by atoms with van der Waals surface area (Å²) in [7, 11) is 0. The molecular formula is C37H54O3. The van der Waals surface area contributed by atoms with Crippen LogP contribution < -0.4 is 0 Å². The van der Waals surface area contributed by atoms with Crippen LogP contribution in [0.15, 0.2) is 24.3 Å². The van der Waals surface area contributed by atoms with Gasteiger partial charge in [-0.15, -0.1) is 0 Å². The Balaban J connectivity index is 1.39. The molecule has 0 aliphatic heterocycles. The molecule has 40 heavy (non-hydrogen) atoms. The van der Waals surface area contributed by atoms with Gasteiger partial charge in [0, 0.05) is 5.41 Å². The molecule has 220 valence electrons. The molecule has 5 aliphatic carbocycles. The van der Waals surface area contributed by atoms with Crippen LogP contribution in [-0.2, 0) is 0 Å². The number of aromatic hydroxyl groups is 1. The monoisotopic (exact) mass is 546 g/mol. The zero-order valence-corrected chi connectivity index (χ0v) is 26.3. The normalized spacial score (nSPS) is 41.8. The van der Waals surface area contributed by atoms with Gasteiger partial charge in [0.15, 0.2) is 0 Å². The number of fused-ring (bicyclic) bond motifs is 2. The standard InChI is InChI=1S/C37H54O3/c1-23(2)10-8-11-24(3)26-17-19-35(7)30-15-14-29-33(4,5)18-16-27(25-12-9-13-28(38)31(25)32(39)40)37(29)22-36(30,37)21-20-34(26,35)6/h9,12-13,16,23-24,26,29-30,38H,8,10-11,14-15,17-22H2,1-7H3,(H,39,40)/t24-,26-,29+,30+,34-,35+,36+,37+/m1/s1. The number of benzene rings is 1. The molecule has 1 aromatic rings. The van der Waals surface area contributed by atoms with E-state index in [2.05, 4.69) is 54.5 Å². The minimum absolute atomic E-state index is 0.0426. The molecule has 2 spiro atoms. The molecule has 0 bridgehead atoms. The van der Waals surface area contributed by atoms with Crippen molar-refractivity contribution in [2.24, 2.45) is 56.7 Å². The Kier molecular flexibility index (Phi) is 6.46. The van der Waals surface area contributed by atoms with Crippen LogP contribution in [-0.4, -0.2) is 16.2 Å². The molecule has 4 saturated carbocycles. The summed E-state index contributed by atoms with van der Waals surface area (Å²) in [6, 6.07) is 5.36. The summed E-state index contributed by atoms with van der Waals surface area (Å²) in [6.07, 6.45) is 16.6. The summed E-state index contributed by atoms with van der Waals surface area (Å²) in [5.74, 6) is 2.56. The minimum Gasteiger partial charge on any atom is -0.507 e. The molecule has 0 aromatic heterocycles. The lowest BCUT2D eigenvalue weighted by Crippen LogP contribution is -2.56. The first kappa shape index (κ1) is 28.4. The summed E-state index contributed by atoms with van der Waals surface area (Å²) in [6.45, 7) is 17.5. The molecule has 0 radical (unpaired) electrons. The van der Waals surface area contributed by atoms with Gasteiger partial charge >= 0.3 is 5.97 Å². The van der Waals surface area contributed by atoms with Gasteiger partial charge in [0.2, 0.25) is 0 Å². The van der Waals surface area contributed by atoms with Gasteiger partial charge in [-0.25, -0.2) is 4.79 Å². The molecule has 5 aliphatic rings. The van der Waals surface area contributed by atoms with Gasteiger partial charge in [-0.05, 0) is 120 Å². The molecule has 8 atom stereocenters. The zero-order valence-electron chi connectivity index (χ0n) is 26.3. The van der Waals surface area contributed by atoms with Crippen molar-refractivity contribution < 1.29 is 15.0 Å². The van der Waals surface area contributed by atoms with Gasteiger partial charge in [0.1, 0.15) is 11.3 Å². The van der Waals surface area contributed by atoms with Crippen LogP contribution in [0.1, 0.15) is 135 Å². The van der Waals surface area contributed by atoms with Crippen LogP contribution in [0, 0.1) is 56.7 Å². The molecule has 4 fully saturated rings. The second-order valence-corrected chi connectivity index (χ2v) is 16.6. The molecule has 0 unspecified atom stereocenters. The number of phenols is 1. The van der Waals surface area contributed by atoms with Gasteiger partial charge in [-0.2, -0.15) is 0 Å². The Morgan fingerprint density at radius 2 is 1.68 bits per heavy atom. The van der Waals surface area contributed by atoms with Crippen molar-refractivity contribution in [3.63, 3.8) is 0 Å². The molecule has 0 heterocycles. The third kappa shape index (κ3) is 3.57. The van der Waals surface area contributed by atoms with E-state index in [1.54, 1.807) is 0 Å². The van der Waals surface area contributed by atoms with Gasteiger partial charge < -0.3 is 10.2 Å². The number of hydrogen-bond donors (Lipinski definition) is 2. The second-order valence-electron chi connectivity index (χ2n) is 16.6. The summed E-state index contributed by atoms with van der Waals surface area (Å²) in [5.41, 5.74) is 3.41. The first-order valence-electron chi connectivity index (χ1n) is 16.5. The van der Waals surface area contributed by atoms with Crippen LogP contribution in [0.2, 0.25) is 0 Å². The highest BCUT2D eigenvalue weighted by Gasteiger charge is 2.82. The molecule has 2 N–H and O–H groups in total. The Hall–Kier alpha value is -1.77. The summed E-state index contributed by atoms with van der Waals surface area (Å²) < 4.78 is 0.